The lowest BCUT2D eigenvalue weighted by Crippen LogP contribution is -2.04. The smallest absolute Gasteiger partial charge is 0.257 e. The van der Waals surface area contributed by atoms with Crippen molar-refractivity contribution < 1.29 is 4.52 Å². The minimum Gasteiger partial charge on any atom is -0.334 e. The molecular weight excluding hydrogens is 262 g/mol. The lowest BCUT2D eigenvalue weighted by molar-refractivity contribution is 0.393. The molecule has 4 heteroatoms. The van der Waals surface area contributed by atoms with Crippen molar-refractivity contribution in [3.8, 4) is 17.5 Å². The van der Waals surface area contributed by atoms with Crippen molar-refractivity contribution in [2.75, 3.05) is 0 Å². The van der Waals surface area contributed by atoms with Crippen LogP contribution in [0.1, 0.15) is 62.3 Å². The molecule has 0 bridgehead atoms. The molecule has 0 N–H and O–H groups in total. The largest absolute Gasteiger partial charge is 0.334 e. The third kappa shape index (κ3) is 3.30. The molecule has 108 valence electrons. The molecule has 1 heterocycles. The topological polar surface area (TPSA) is 62.7 Å². The van der Waals surface area contributed by atoms with E-state index in [1.165, 1.54) is 32.1 Å². The van der Waals surface area contributed by atoms with E-state index in [9.17, 15) is 0 Å². The number of nitriles is 1. The van der Waals surface area contributed by atoms with Crippen molar-refractivity contribution in [3.05, 3.63) is 35.7 Å². The maximum atomic E-state index is 8.82. The van der Waals surface area contributed by atoms with E-state index >= 15 is 0 Å². The van der Waals surface area contributed by atoms with Crippen LogP contribution in [0.3, 0.4) is 0 Å². The molecule has 3 rings (SSSR count). The molecule has 1 aliphatic rings. The lowest BCUT2D eigenvalue weighted by Gasteiger charge is -2.15. The highest BCUT2D eigenvalue weighted by molar-refractivity contribution is 5.54. The second-order valence-electron chi connectivity index (χ2n) is 5.69. The molecule has 1 saturated carbocycles. The third-order valence-electron chi connectivity index (χ3n) is 4.17. The van der Waals surface area contributed by atoms with Gasteiger partial charge in [-0.25, -0.2) is 0 Å². The minimum absolute atomic E-state index is 0.432. The maximum Gasteiger partial charge on any atom is 0.257 e. The molecule has 21 heavy (non-hydrogen) atoms. The van der Waals surface area contributed by atoms with Crippen LogP contribution >= 0.6 is 0 Å². The number of nitrogens with zero attached hydrogens (tertiary/aromatic N) is 3. The van der Waals surface area contributed by atoms with Crippen molar-refractivity contribution in [1.82, 2.24) is 10.1 Å². The summed E-state index contributed by atoms with van der Waals surface area (Å²) < 4.78 is 5.41. The average molecular weight is 281 g/mol. The quantitative estimate of drug-likeness (QED) is 0.816. The molecule has 0 radical (unpaired) electrons. The Labute approximate surface area is 124 Å². The average Bonchev–Trinajstić information content (AvgIpc) is 2.97. The first kappa shape index (κ1) is 13.8. The summed E-state index contributed by atoms with van der Waals surface area (Å²) in [6.45, 7) is 0. The Kier molecular flexibility index (Phi) is 4.30. The van der Waals surface area contributed by atoms with Gasteiger partial charge in [0.15, 0.2) is 5.82 Å². The molecule has 1 aromatic carbocycles. The zero-order valence-corrected chi connectivity index (χ0v) is 12.1. The Morgan fingerprint density at radius 1 is 1.00 bits per heavy atom. The van der Waals surface area contributed by atoms with Gasteiger partial charge in [-0.2, -0.15) is 10.2 Å². The molecule has 0 unspecified atom stereocenters. The van der Waals surface area contributed by atoms with Crippen molar-refractivity contribution in [2.24, 2.45) is 0 Å². The number of rotatable bonds is 2. The van der Waals surface area contributed by atoms with E-state index in [2.05, 4.69) is 16.2 Å². The first-order chi connectivity index (χ1) is 10.4. The second kappa shape index (κ2) is 6.53. The van der Waals surface area contributed by atoms with Crippen molar-refractivity contribution in [2.45, 2.75) is 50.9 Å². The van der Waals surface area contributed by atoms with Crippen LogP contribution < -0.4 is 0 Å². The normalized spacial score (nSPS) is 16.9. The highest BCUT2D eigenvalue weighted by Gasteiger charge is 2.19. The Morgan fingerprint density at radius 3 is 2.33 bits per heavy atom. The fourth-order valence-corrected chi connectivity index (χ4v) is 2.92. The minimum atomic E-state index is 0.432. The summed E-state index contributed by atoms with van der Waals surface area (Å²) in [6.07, 6.45) is 8.82. The van der Waals surface area contributed by atoms with Crippen LogP contribution in [0.5, 0.6) is 0 Å². The Morgan fingerprint density at radius 2 is 1.67 bits per heavy atom. The van der Waals surface area contributed by atoms with E-state index in [1.807, 2.05) is 12.1 Å². The SMILES string of the molecule is N#Cc1ccc(-c2nc(C3CCCCCCC3)no2)cc1. The fraction of sp³-hybridized carbons (Fsp3) is 0.471. The maximum absolute atomic E-state index is 8.82. The summed E-state index contributed by atoms with van der Waals surface area (Å²) in [4.78, 5) is 4.57. The van der Waals surface area contributed by atoms with Crippen LogP contribution in [0.15, 0.2) is 28.8 Å². The summed E-state index contributed by atoms with van der Waals surface area (Å²) in [5.74, 6) is 1.83. The molecule has 1 aromatic heterocycles. The third-order valence-corrected chi connectivity index (χ3v) is 4.17. The fourth-order valence-electron chi connectivity index (χ4n) is 2.92. The van der Waals surface area contributed by atoms with Crippen LogP contribution in [0.4, 0.5) is 0 Å². The Bertz CT molecular complexity index is 616. The summed E-state index contributed by atoms with van der Waals surface area (Å²) in [6, 6.07) is 9.36. The Hall–Kier alpha value is -2.15. The molecule has 0 amide bonds. The molecule has 4 nitrogen and oxygen atoms in total. The number of aromatic nitrogens is 2. The van der Waals surface area contributed by atoms with Gasteiger partial charge in [0.2, 0.25) is 0 Å². The summed E-state index contributed by atoms with van der Waals surface area (Å²) in [7, 11) is 0. The predicted octanol–water partition coefficient (Wildman–Crippen LogP) is 4.44. The first-order valence-corrected chi connectivity index (χ1v) is 7.71. The van der Waals surface area contributed by atoms with Crippen molar-refractivity contribution in [3.63, 3.8) is 0 Å². The van der Waals surface area contributed by atoms with E-state index in [4.69, 9.17) is 9.78 Å². The highest BCUT2D eigenvalue weighted by Crippen LogP contribution is 2.30. The van der Waals surface area contributed by atoms with Gasteiger partial charge in [0, 0.05) is 11.5 Å². The van der Waals surface area contributed by atoms with Gasteiger partial charge < -0.3 is 4.52 Å². The molecule has 0 atom stereocenters. The second-order valence-corrected chi connectivity index (χ2v) is 5.69. The van der Waals surface area contributed by atoms with Gasteiger partial charge in [-0.15, -0.1) is 0 Å². The van der Waals surface area contributed by atoms with Crippen molar-refractivity contribution in [1.29, 1.82) is 5.26 Å². The van der Waals surface area contributed by atoms with E-state index < -0.39 is 0 Å². The summed E-state index contributed by atoms with van der Waals surface area (Å²) >= 11 is 0. The van der Waals surface area contributed by atoms with Gasteiger partial charge in [-0.1, -0.05) is 37.3 Å². The van der Waals surface area contributed by atoms with Gasteiger partial charge in [0.25, 0.3) is 5.89 Å². The van der Waals surface area contributed by atoms with E-state index in [-0.39, 0.29) is 0 Å². The summed E-state index contributed by atoms with van der Waals surface area (Å²) in [5.41, 5.74) is 1.51. The van der Waals surface area contributed by atoms with Gasteiger partial charge in [-0.3, -0.25) is 0 Å². The number of benzene rings is 1. The molecule has 0 saturated heterocycles. The van der Waals surface area contributed by atoms with Crippen LogP contribution in [0, 0.1) is 11.3 Å². The van der Waals surface area contributed by atoms with Gasteiger partial charge in [0.1, 0.15) is 0 Å². The van der Waals surface area contributed by atoms with Gasteiger partial charge in [-0.05, 0) is 37.1 Å². The zero-order chi connectivity index (χ0) is 14.5. The van der Waals surface area contributed by atoms with Gasteiger partial charge in [0.05, 0.1) is 11.6 Å². The zero-order valence-electron chi connectivity index (χ0n) is 12.1. The van der Waals surface area contributed by atoms with Crippen LogP contribution in [-0.4, -0.2) is 10.1 Å². The van der Waals surface area contributed by atoms with Crippen LogP contribution in [0.25, 0.3) is 11.5 Å². The predicted molar refractivity (Wildman–Crippen MR) is 79.5 cm³/mol. The highest BCUT2D eigenvalue weighted by atomic mass is 16.5. The molecule has 1 fully saturated rings. The monoisotopic (exact) mass is 281 g/mol. The van der Waals surface area contributed by atoms with Crippen molar-refractivity contribution >= 4 is 0 Å². The standard InChI is InChI=1S/C17H19N3O/c18-12-13-8-10-15(11-9-13)17-19-16(20-21-17)14-6-4-2-1-3-5-7-14/h8-11,14H,1-7H2. The molecule has 0 aliphatic heterocycles. The van der Waals surface area contributed by atoms with Crippen LogP contribution in [-0.2, 0) is 0 Å². The van der Waals surface area contributed by atoms with Gasteiger partial charge >= 0.3 is 0 Å². The van der Waals surface area contributed by atoms with E-state index in [0.717, 1.165) is 24.2 Å². The number of hydrogen-bond donors (Lipinski definition) is 0. The first-order valence-electron chi connectivity index (χ1n) is 7.71. The Balaban J connectivity index is 1.76. The molecule has 0 spiro atoms. The molecule has 1 aliphatic carbocycles. The molecular formula is C17H19N3O. The summed E-state index contributed by atoms with van der Waals surface area (Å²) in [5, 5.41) is 13.0. The number of hydrogen-bond acceptors (Lipinski definition) is 4. The van der Waals surface area contributed by atoms with E-state index in [1.54, 1.807) is 12.1 Å². The lowest BCUT2D eigenvalue weighted by atomic mass is 9.91. The van der Waals surface area contributed by atoms with Crippen LogP contribution in [0.2, 0.25) is 0 Å². The molecule has 2 aromatic rings. The van der Waals surface area contributed by atoms with E-state index in [0.29, 0.717) is 17.4 Å².